The van der Waals surface area contributed by atoms with Gasteiger partial charge in [-0.05, 0) is 31.7 Å². The number of amides is 1. The number of aryl methyl sites for hydroxylation is 1. The number of likely N-dealkylation sites (N-methyl/N-ethyl adjacent to an activating group) is 1. The maximum Gasteiger partial charge on any atom is 0.238 e. The molecular formula is C15H23FN4O. The Hall–Kier alpha value is -1.50. The summed E-state index contributed by atoms with van der Waals surface area (Å²) in [6, 6.07) is 4.89. The highest BCUT2D eigenvalue weighted by Gasteiger charge is 2.25. The standard InChI is InChI=1S/C15H23FN4O/c1-11-3-4-12(7-14(11)16)18-15(21)10-20-6-5-19(2)9-13(20)8-17/h3-4,7,13H,5-6,8-10,17H2,1-2H3,(H,18,21). The number of hydrogen-bond acceptors (Lipinski definition) is 4. The first-order chi connectivity index (χ1) is 9.99. The fourth-order valence-corrected chi connectivity index (χ4v) is 2.54. The minimum absolute atomic E-state index is 0.138. The molecule has 0 spiro atoms. The van der Waals surface area contributed by atoms with Crippen LogP contribution in [-0.2, 0) is 4.79 Å². The van der Waals surface area contributed by atoms with Gasteiger partial charge in [0.25, 0.3) is 0 Å². The molecule has 1 aliphatic rings. The third-order valence-electron chi connectivity index (χ3n) is 3.88. The van der Waals surface area contributed by atoms with Crippen LogP contribution in [-0.4, -0.2) is 61.5 Å². The normalized spacial score (nSPS) is 20.5. The van der Waals surface area contributed by atoms with E-state index in [0.29, 0.717) is 17.8 Å². The lowest BCUT2D eigenvalue weighted by atomic mass is 10.1. The van der Waals surface area contributed by atoms with Gasteiger partial charge in [-0.1, -0.05) is 6.07 Å². The SMILES string of the molecule is Cc1ccc(NC(=O)CN2CCN(C)CC2CN)cc1F. The molecule has 1 heterocycles. The first-order valence-corrected chi connectivity index (χ1v) is 7.18. The number of hydrogen-bond donors (Lipinski definition) is 2. The number of carbonyl (C=O) groups excluding carboxylic acids is 1. The van der Waals surface area contributed by atoms with Gasteiger partial charge in [-0.2, -0.15) is 0 Å². The first-order valence-electron chi connectivity index (χ1n) is 7.18. The summed E-state index contributed by atoms with van der Waals surface area (Å²) in [5, 5.41) is 2.74. The zero-order valence-corrected chi connectivity index (χ0v) is 12.6. The van der Waals surface area contributed by atoms with Crippen molar-refractivity contribution in [3.05, 3.63) is 29.6 Å². The Morgan fingerprint density at radius 3 is 2.90 bits per heavy atom. The van der Waals surface area contributed by atoms with E-state index in [1.54, 1.807) is 19.1 Å². The van der Waals surface area contributed by atoms with Crippen molar-refractivity contribution in [2.24, 2.45) is 5.73 Å². The number of carbonyl (C=O) groups is 1. The van der Waals surface area contributed by atoms with Crippen molar-refractivity contribution in [2.45, 2.75) is 13.0 Å². The molecule has 1 saturated heterocycles. The number of halogens is 1. The van der Waals surface area contributed by atoms with Gasteiger partial charge in [0.1, 0.15) is 5.82 Å². The highest BCUT2D eigenvalue weighted by atomic mass is 19.1. The third kappa shape index (κ3) is 4.23. The second-order valence-electron chi connectivity index (χ2n) is 5.63. The van der Waals surface area contributed by atoms with Crippen LogP contribution in [0.15, 0.2) is 18.2 Å². The van der Waals surface area contributed by atoms with Crippen molar-refractivity contribution in [1.82, 2.24) is 9.80 Å². The molecule has 1 unspecified atom stereocenters. The van der Waals surface area contributed by atoms with E-state index in [0.717, 1.165) is 19.6 Å². The largest absolute Gasteiger partial charge is 0.329 e. The molecule has 1 aromatic rings. The Balaban J connectivity index is 1.93. The smallest absolute Gasteiger partial charge is 0.238 e. The summed E-state index contributed by atoms with van der Waals surface area (Å²) < 4.78 is 13.5. The molecule has 1 atom stereocenters. The third-order valence-corrected chi connectivity index (χ3v) is 3.88. The quantitative estimate of drug-likeness (QED) is 0.856. The molecule has 1 aromatic carbocycles. The molecule has 1 amide bonds. The average Bonchev–Trinajstić information content (AvgIpc) is 2.44. The van der Waals surface area contributed by atoms with Crippen LogP contribution in [0, 0.1) is 12.7 Å². The number of piperazine rings is 1. The average molecular weight is 294 g/mol. The molecule has 0 radical (unpaired) electrons. The molecule has 1 aliphatic heterocycles. The summed E-state index contributed by atoms with van der Waals surface area (Å²) >= 11 is 0. The van der Waals surface area contributed by atoms with Gasteiger partial charge >= 0.3 is 0 Å². The number of benzene rings is 1. The zero-order valence-electron chi connectivity index (χ0n) is 12.6. The van der Waals surface area contributed by atoms with Gasteiger partial charge in [0.15, 0.2) is 0 Å². The Morgan fingerprint density at radius 2 is 2.24 bits per heavy atom. The van der Waals surface area contributed by atoms with Gasteiger partial charge in [0, 0.05) is 37.9 Å². The zero-order chi connectivity index (χ0) is 15.4. The topological polar surface area (TPSA) is 61.6 Å². The predicted molar refractivity (Wildman–Crippen MR) is 81.7 cm³/mol. The van der Waals surface area contributed by atoms with Crippen LogP contribution in [0.25, 0.3) is 0 Å². The number of nitrogens with two attached hydrogens (primary N) is 1. The van der Waals surface area contributed by atoms with Gasteiger partial charge in [-0.25, -0.2) is 4.39 Å². The molecule has 0 aliphatic carbocycles. The van der Waals surface area contributed by atoms with E-state index in [4.69, 9.17) is 5.73 Å². The van der Waals surface area contributed by atoms with Gasteiger partial charge in [-0.15, -0.1) is 0 Å². The maximum absolute atomic E-state index is 13.5. The maximum atomic E-state index is 13.5. The fraction of sp³-hybridized carbons (Fsp3) is 0.533. The molecule has 0 bridgehead atoms. The first kappa shape index (κ1) is 15.9. The Morgan fingerprint density at radius 1 is 1.48 bits per heavy atom. The molecule has 0 aromatic heterocycles. The molecule has 5 nitrogen and oxygen atoms in total. The summed E-state index contributed by atoms with van der Waals surface area (Å²) in [7, 11) is 2.05. The monoisotopic (exact) mass is 294 g/mol. The second kappa shape index (κ2) is 6.98. The highest BCUT2D eigenvalue weighted by Crippen LogP contribution is 2.14. The number of nitrogens with one attached hydrogen (secondary N) is 1. The van der Waals surface area contributed by atoms with E-state index in [2.05, 4.69) is 22.2 Å². The van der Waals surface area contributed by atoms with E-state index in [1.165, 1.54) is 6.07 Å². The van der Waals surface area contributed by atoms with Gasteiger partial charge in [0.05, 0.1) is 6.54 Å². The van der Waals surface area contributed by atoms with Crippen molar-refractivity contribution in [3.8, 4) is 0 Å². The van der Waals surface area contributed by atoms with Crippen LogP contribution in [0.1, 0.15) is 5.56 Å². The summed E-state index contributed by atoms with van der Waals surface area (Å²) in [5.74, 6) is -0.450. The summed E-state index contributed by atoms with van der Waals surface area (Å²) in [5.41, 5.74) is 6.82. The van der Waals surface area contributed by atoms with E-state index < -0.39 is 0 Å². The van der Waals surface area contributed by atoms with Gasteiger partial charge in [0.2, 0.25) is 5.91 Å². The number of nitrogens with zero attached hydrogens (tertiary/aromatic N) is 2. The van der Waals surface area contributed by atoms with Crippen molar-refractivity contribution in [3.63, 3.8) is 0 Å². The van der Waals surface area contributed by atoms with Crippen molar-refractivity contribution < 1.29 is 9.18 Å². The Kier molecular flexibility index (Phi) is 5.27. The minimum atomic E-state index is -0.313. The lowest BCUT2D eigenvalue weighted by Gasteiger charge is -2.39. The lowest BCUT2D eigenvalue weighted by Crippen LogP contribution is -2.56. The molecule has 116 valence electrons. The van der Waals surface area contributed by atoms with Crippen LogP contribution < -0.4 is 11.1 Å². The molecule has 1 fully saturated rings. The van der Waals surface area contributed by atoms with Crippen molar-refractivity contribution >= 4 is 11.6 Å². The summed E-state index contributed by atoms with van der Waals surface area (Å²) in [6.07, 6.45) is 0. The van der Waals surface area contributed by atoms with Crippen LogP contribution in [0.3, 0.4) is 0 Å². The molecule has 6 heteroatoms. The molecular weight excluding hydrogens is 271 g/mol. The minimum Gasteiger partial charge on any atom is -0.329 e. The van der Waals surface area contributed by atoms with Crippen LogP contribution in [0.5, 0.6) is 0 Å². The summed E-state index contributed by atoms with van der Waals surface area (Å²) in [6.45, 7) is 5.10. The fourth-order valence-electron chi connectivity index (χ4n) is 2.54. The Bertz CT molecular complexity index is 508. The van der Waals surface area contributed by atoms with E-state index in [1.807, 2.05) is 0 Å². The van der Waals surface area contributed by atoms with Crippen molar-refractivity contribution in [2.75, 3.05) is 45.1 Å². The second-order valence-corrected chi connectivity index (χ2v) is 5.63. The van der Waals surface area contributed by atoms with Gasteiger partial charge in [-0.3, -0.25) is 9.69 Å². The van der Waals surface area contributed by atoms with Crippen LogP contribution >= 0.6 is 0 Å². The van der Waals surface area contributed by atoms with Crippen molar-refractivity contribution in [1.29, 1.82) is 0 Å². The van der Waals surface area contributed by atoms with E-state index >= 15 is 0 Å². The van der Waals surface area contributed by atoms with Gasteiger partial charge < -0.3 is 16.0 Å². The molecule has 2 rings (SSSR count). The predicted octanol–water partition coefficient (Wildman–Crippen LogP) is 0.647. The lowest BCUT2D eigenvalue weighted by molar-refractivity contribution is -0.118. The molecule has 0 saturated carbocycles. The van der Waals surface area contributed by atoms with E-state index in [9.17, 15) is 9.18 Å². The highest BCUT2D eigenvalue weighted by molar-refractivity contribution is 5.92. The van der Waals surface area contributed by atoms with Crippen LogP contribution in [0.2, 0.25) is 0 Å². The number of rotatable bonds is 4. The summed E-state index contributed by atoms with van der Waals surface area (Å²) in [4.78, 5) is 16.4. The van der Waals surface area contributed by atoms with E-state index in [-0.39, 0.29) is 24.3 Å². The molecule has 3 N–H and O–H groups in total. The number of anilines is 1. The Labute approximate surface area is 124 Å². The molecule has 21 heavy (non-hydrogen) atoms. The van der Waals surface area contributed by atoms with Crippen LogP contribution in [0.4, 0.5) is 10.1 Å².